The molecule has 0 atom stereocenters. The maximum absolute atomic E-state index is 13.8. The lowest BCUT2D eigenvalue weighted by Gasteiger charge is -2.27. The summed E-state index contributed by atoms with van der Waals surface area (Å²) in [5, 5.41) is 2.04. The Bertz CT molecular complexity index is 904. The molecule has 0 spiro atoms. The lowest BCUT2D eigenvalue weighted by atomic mass is 9.90. The first-order valence-electron chi connectivity index (χ1n) is 9.23. The predicted molar refractivity (Wildman–Crippen MR) is 112 cm³/mol. The number of hydrogen-bond donors (Lipinski definition) is 0. The van der Waals surface area contributed by atoms with Gasteiger partial charge in [-0.05, 0) is 28.6 Å². The van der Waals surface area contributed by atoms with E-state index in [1.54, 1.807) is 23.9 Å². The van der Waals surface area contributed by atoms with Crippen LogP contribution in [0.3, 0.4) is 0 Å². The molecule has 140 valence electrons. The zero-order valence-electron chi connectivity index (χ0n) is 15.4. The van der Waals surface area contributed by atoms with Gasteiger partial charge >= 0.3 is 0 Å². The molecule has 0 aliphatic rings. The van der Waals surface area contributed by atoms with E-state index >= 15 is 0 Å². The molecule has 0 aliphatic carbocycles. The maximum atomic E-state index is 13.8. The van der Waals surface area contributed by atoms with E-state index in [2.05, 4.69) is 6.07 Å². The number of rotatable bonds is 7. The first kappa shape index (κ1) is 18.3. The molecule has 0 saturated heterocycles. The van der Waals surface area contributed by atoms with E-state index in [1.807, 2.05) is 83.1 Å². The molecule has 3 nitrogen and oxygen atoms in total. The van der Waals surface area contributed by atoms with Crippen molar-refractivity contribution in [2.45, 2.75) is 19.0 Å². The van der Waals surface area contributed by atoms with Crippen molar-refractivity contribution in [1.82, 2.24) is 4.90 Å². The third-order valence-electron chi connectivity index (χ3n) is 4.70. The van der Waals surface area contributed by atoms with E-state index in [1.165, 1.54) is 0 Å². The van der Waals surface area contributed by atoms with E-state index < -0.39 is 0 Å². The molecule has 4 heteroatoms. The Balaban J connectivity index is 1.70. The van der Waals surface area contributed by atoms with Crippen molar-refractivity contribution in [3.8, 4) is 0 Å². The summed E-state index contributed by atoms with van der Waals surface area (Å²) >= 11 is 1.67. The van der Waals surface area contributed by atoms with Crippen LogP contribution in [0.25, 0.3) is 0 Å². The summed E-state index contributed by atoms with van der Waals surface area (Å²) in [5.74, 6) is -0.249. The van der Waals surface area contributed by atoms with Crippen LogP contribution in [0.2, 0.25) is 0 Å². The van der Waals surface area contributed by atoms with Crippen molar-refractivity contribution < 1.29 is 9.21 Å². The molecule has 0 fully saturated rings. The van der Waals surface area contributed by atoms with Gasteiger partial charge in [-0.15, -0.1) is 11.3 Å². The Labute approximate surface area is 168 Å². The molecule has 0 N–H and O–H groups in total. The van der Waals surface area contributed by atoms with Gasteiger partial charge < -0.3 is 9.32 Å². The molecule has 2 aromatic heterocycles. The number of thiophene rings is 1. The molecule has 2 heterocycles. The Morgan fingerprint density at radius 3 is 2.07 bits per heavy atom. The molecule has 0 radical (unpaired) electrons. The highest BCUT2D eigenvalue weighted by Crippen LogP contribution is 2.29. The number of amides is 1. The van der Waals surface area contributed by atoms with Gasteiger partial charge in [-0.3, -0.25) is 4.79 Å². The molecular formula is C24H21NO2S. The van der Waals surface area contributed by atoms with Gasteiger partial charge in [0.15, 0.2) is 0 Å². The molecule has 0 saturated carbocycles. The molecular weight excluding hydrogens is 366 g/mol. The summed E-state index contributed by atoms with van der Waals surface area (Å²) < 4.78 is 5.22. The largest absolute Gasteiger partial charge is 0.472 e. The van der Waals surface area contributed by atoms with Gasteiger partial charge in [0.05, 0.1) is 25.0 Å². The predicted octanol–water partition coefficient (Wildman–Crippen LogP) is 5.70. The van der Waals surface area contributed by atoms with Crippen LogP contribution in [-0.4, -0.2) is 10.8 Å². The number of hydrogen-bond acceptors (Lipinski definition) is 3. The maximum Gasteiger partial charge on any atom is 0.235 e. The van der Waals surface area contributed by atoms with Gasteiger partial charge in [0, 0.05) is 17.0 Å². The highest BCUT2D eigenvalue weighted by atomic mass is 32.1. The van der Waals surface area contributed by atoms with E-state index in [4.69, 9.17) is 4.42 Å². The topological polar surface area (TPSA) is 33.5 Å². The number of furan rings is 1. The SMILES string of the molecule is O=C(C(c1ccccc1)c1ccccc1)N(Cc1ccoc1)Cc1cccs1. The second kappa shape index (κ2) is 8.72. The Morgan fingerprint density at radius 1 is 0.857 bits per heavy atom. The fourth-order valence-electron chi connectivity index (χ4n) is 3.36. The average molecular weight is 388 g/mol. The van der Waals surface area contributed by atoms with E-state index in [0.29, 0.717) is 13.1 Å². The highest BCUT2D eigenvalue weighted by molar-refractivity contribution is 7.09. The summed E-state index contributed by atoms with van der Waals surface area (Å²) in [5.41, 5.74) is 2.99. The van der Waals surface area contributed by atoms with Crippen LogP contribution in [0.4, 0.5) is 0 Å². The van der Waals surface area contributed by atoms with Crippen LogP contribution in [0, 0.1) is 0 Å². The highest BCUT2D eigenvalue weighted by Gasteiger charge is 2.28. The third kappa shape index (κ3) is 4.24. The minimum atomic E-state index is -0.339. The molecule has 1 amide bonds. The first-order valence-corrected chi connectivity index (χ1v) is 10.1. The number of benzene rings is 2. The molecule has 0 aliphatic heterocycles. The summed E-state index contributed by atoms with van der Waals surface area (Å²) in [7, 11) is 0. The quantitative estimate of drug-likeness (QED) is 0.407. The van der Waals surface area contributed by atoms with Gasteiger partial charge in [-0.25, -0.2) is 0 Å². The monoisotopic (exact) mass is 387 g/mol. The lowest BCUT2D eigenvalue weighted by Crippen LogP contribution is -2.34. The van der Waals surface area contributed by atoms with Crippen LogP contribution < -0.4 is 0 Å². The summed E-state index contributed by atoms with van der Waals surface area (Å²) in [4.78, 5) is 16.9. The number of nitrogens with zero attached hydrogens (tertiary/aromatic N) is 1. The van der Waals surface area contributed by atoms with Crippen LogP contribution in [0.5, 0.6) is 0 Å². The second-order valence-corrected chi connectivity index (χ2v) is 7.69. The number of carbonyl (C=O) groups is 1. The molecule has 4 rings (SSSR count). The minimum Gasteiger partial charge on any atom is -0.472 e. The lowest BCUT2D eigenvalue weighted by molar-refractivity contribution is -0.133. The molecule has 0 unspecified atom stereocenters. The van der Waals surface area contributed by atoms with Gasteiger partial charge in [0.2, 0.25) is 5.91 Å². The Morgan fingerprint density at radius 2 is 1.54 bits per heavy atom. The normalized spacial score (nSPS) is 10.9. The van der Waals surface area contributed by atoms with Crippen LogP contribution >= 0.6 is 11.3 Å². The first-order chi connectivity index (χ1) is 13.8. The van der Waals surface area contributed by atoms with Crippen molar-refractivity contribution in [2.24, 2.45) is 0 Å². The van der Waals surface area contributed by atoms with Crippen molar-refractivity contribution >= 4 is 17.2 Å². The van der Waals surface area contributed by atoms with Gasteiger partial charge in [0.25, 0.3) is 0 Å². The van der Waals surface area contributed by atoms with Gasteiger partial charge in [-0.1, -0.05) is 66.7 Å². The smallest absolute Gasteiger partial charge is 0.235 e. The van der Waals surface area contributed by atoms with Crippen molar-refractivity contribution in [1.29, 1.82) is 0 Å². The fraction of sp³-hybridized carbons (Fsp3) is 0.125. The number of carbonyl (C=O) groups excluding carboxylic acids is 1. The molecule has 28 heavy (non-hydrogen) atoms. The van der Waals surface area contributed by atoms with Crippen molar-refractivity contribution in [3.05, 3.63) is 118 Å². The van der Waals surface area contributed by atoms with Crippen LogP contribution in [-0.2, 0) is 17.9 Å². The molecule has 2 aromatic carbocycles. The minimum absolute atomic E-state index is 0.0898. The zero-order chi connectivity index (χ0) is 19.2. The van der Waals surface area contributed by atoms with E-state index in [-0.39, 0.29) is 11.8 Å². The Hall–Kier alpha value is -3.11. The van der Waals surface area contributed by atoms with E-state index in [0.717, 1.165) is 21.6 Å². The zero-order valence-corrected chi connectivity index (χ0v) is 16.2. The molecule has 4 aromatic rings. The average Bonchev–Trinajstić information content (AvgIpc) is 3.44. The summed E-state index contributed by atoms with van der Waals surface area (Å²) in [6, 6.07) is 26.0. The van der Waals surface area contributed by atoms with Crippen LogP contribution in [0.15, 0.2) is 101 Å². The van der Waals surface area contributed by atoms with Crippen LogP contribution in [0.1, 0.15) is 27.5 Å². The van der Waals surface area contributed by atoms with E-state index in [9.17, 15) is 4.79 Å². The fourth-order valence-corrected chi connectivity index (χ4v) is 4.08. The molecule has 0 bridgehead atoms. The summed E-state index contributed by atoms with van der Waals surface area (Å²) in [6.45, 7) is 1.10. The summed E-state index contributed by atoms with van der Waals surface area (Å²) in [6.07, 6.45) is 3.35. The second-order valence-electron chi connectivity index (χ2n) is 6.66. The Kier molecular flexibility index (Phi) is 5.69. The van der Waals surface area contributed by atoms with Crippen molar-refractivity contribution in [2.75, 3.05) is 0 Å². The van der Waals surface area contributed by atoms with Crippen molar-refractivity contribution in [3.63, 3.8) is 0 Å². The standard InChI is InChI=1S/C24H21NO2S/c26-24(23(20-8-3-1-4-9-20)21-10-5-2-6-11-21)25(16-19-13-14-27-18-19)17-22-12-7-15-28-22/h1-15,18,23H,16-17H2. The van der Waals surface area contributed by atoms with Gasteiger partial charge in [-0.2, -0.15) is 0 Å². The van der Waals surface area contributed by atoms with Gasteiger partial charge in [0.1, 0.15) is 0 Å². The third-order valence-corrected chi connectivity index (χ3v) is 5.57.